The third kappa shape index (κ3) is 8.61. The van der Waals surface area contributed by atoms with E-state index in [0.717, 1.165) is 25.7 Å². The molecule has 0 bridgehead atoms. The van der Waals surface area contributed by atoms with Crippen molar-refractivity contribution in [1.82, 2.24) is 11.0 Å². The van der Waals surface area contributed by atoms with Gasteiger partial charge in [-0.1, -0.05) is 0 Å². The van der Waals surface area contributed by atoms with E-state index in [1.165, 1.54) is 0 Å². The second-order valence-electron chi connectivity index (χ2n) is 7.20. The van der Waals surface area contributed by atoms with Crippen molar-refractivity contribution >= 4 is 54.2 Å². The summed E-state index contributed by atoms with van der Waals surface area (Å²) in [6.07, 6.45) is 3.67. The van der Waals surface area contributed by atoms with Crippen LogP contribution in [0, 0.1) is 0 Å². The molecule has 0 saturated heterocycles. The van der Waals surface area contributed by atoms with E-state index in [4.69, 9.17) is 29.6 Å². The second kappa shape index (κ2) is 13.3. The molecule has 0 aliphatic rings. The summed E-state index contributed by atoms with van der Waals surface area (Å²) in [7, 11) is 0. The number of rotatable bonds is 12. The molecule has 2 aromatic rings. The maximum absolute atomic E-state index is 12.5. The van der Waals surface area contributed by atoms with E-state index in [2.05, 4.69) is 24.8 Å². The Labute approximate surface area is 198 Å². The van der Waals surface area contributed by atoms with Crippen LogP contribution in [0.4, 0.5) is 0 Å². The Bertz CT molecular complexity index is 776. The summed E-state index contributed by atoms with van der Waals surface area (Å²) < 4.78 is 13.4. The monoisotopic (exact) mass is 574 g/mol. The predicted molar refractivity (Wildman–Crippen MR) is 125 cm³/mol. The number of hydrogen-bond donors (Lipinski definition) is 2. The van der Waals surface area contributed by atoms with Crippen molar-refractivity contribution < 1.29 is 15.9 Å². The van der Waals surface area contributed by atoms with Crippen molar-refractivity contribution in [2.45, 2.75) is 48.4 Å². The molecule has 0 radical (unpaired) electrons. The number of halogens is 2. The van der Waals surface area contributed by atoms with Gasteiger partial charge in [-0.2, -0.15) is 0 Å². The summed E-state index contributed by atoms with van der Waals surface area (Å²) >= 11 is 7.91. The average Bonchev–Trinajstić information content (AvgIpc) is 2.78. The molecule has 0 atom stereocenters. The van der Waals surface area contributed by atoms with Crippen molar-refractivity contribution in [2.24, 2.45) is 0 Å². The number of carbonyl (C=O) groups is 2. The van der Waals surface area contributed by atoms with Crippen LogP contribution in [-0.4, -0.2) is 31.0 Å². The summed E-state index contributed by atoms with van der Waals surface area (Å²) in [5, 5.41) is 1.09. The summed E-state index contributed by atoms with van der Waals surface area (Å²) in [4.78, 5) is 25.1. The molecule has 0 fully saturated rings. The van der Waals surface area contributed by atoms with E-state index in [-0.39, 0.29) is 11.8 Å². The Morgan fingerprint density at radius 2 is 1.10 bits per heavy atom. The van der Waals surface area contributed by atoms with Crippen LogP contribution in [0.3, 0.4) is 0 Å². The molecule has 2 aromatic carbocycles. The fraction of sp³-hybridized carbons (Fsp3) is 0.364. The molecule has 0 aromatic heterocycles. The van der Waals surface area contributed by atoms with Crippen LogP contribution in [0.25, 0.3) is 0 Å². The molecule has 0 heterocycles. The molecule has 6 nitrogen and oxygen atoms in total. The molecule has 9 heteroatoms. The zero-order valence-corrected chi connectivity index (χ0v) is 22.1. The van der Waals surface area contributed by atoms with Gasteiger partial charge < -0.3 is 0 Å². The number of hydroxylamine groups is 2. The van der Waals surface area contributed by atoms with Gasteiger partial charge in [-0.3, -0.25) is 0 Å². The zero-order chi connectivity index (χ0) is 22.7. The quantitative estimate of drug-likeness (QED) is 0.239. The van der Waals surface area contributed by atoms with Gasteiger partial charge in [0.2, 0.25) is 0 Å². The molecule has 2 rings (SSSR count). The molecule has 2 amide bonds. The Morgan fingerprint density at radius 3 is 1.42 bits per heavy atom. The van der Waals surface area contributed by atoms with Gasteiger partial charge in [0.15, 0.2) is 0 Å². The number of benzene rings is 2. The van der Waals surface area contributed by atoms with Gasteiger partial charge in [-0.05, 0) is 0 Å². The average molecular weight is 574 g/mol. The molecule has 0 saturated carbocycles. The first kappa shape index (κ1) is 25.9. The maximum atomic E-state index is 12.5. The minimum atomic E-state index is -3.87. The van der Waals surface area contributed by atoms with Crippen molar-refractivity contribution in [1.29, 1.82) is 0 Å². The van der Waals surface area contributed by atoms with Gasteiger partial charge in [-0.25, -0.2) is 0 Å². The number of unbranched alkanes of at least 4 members (excludes halogenated alkanes) is 2. The normalized spacial score (nSPS) is 11.2. The topological polar surface area (TPSA) is 76.7 Å². The fourth-order valence-corrected chi connectivity index (χ4v) is 11.8. The standard InChI is InChI=1S/2C7H5ClNO2.2C4H9.Sn/c2*8-6-3-1-5(2-4-6)7(10)9-11;2*1-3-4-2;/h2*1-4H,(H-,9,10,11);2*1,3-4H2,2H3;/q2*-1;;;+2. The summed E-state index contributed by atoms with van der Waals surface area (Å²) in [5.74, 6) is -0.753. The Kier molecular flexibility index (Phi) is 11.1. The molecule has 0 aliphatic heterocycles. The summed E-state index contributed by atoms with van der Waals surface area (Å²) in [6, 6.07) is 13.1. The van der Waals surface area contributed by atoms with E-state index >= 15 is 0 Å². The third-order valence-corrected chi connectivity index (χ3v) is 14.3. The molecule has 31 heavy (non-hydrogen) atoms. The first-order chi connectivity index (χ1) is 14.9. The van der Waals surface area contributed by atoms with Crippen LogP contribution in [0.2, 0.25) is 18.9 Å². The fourth-order valence-electron chi connectivity index (χ4n) is 2.84. The van der Waals surface area contributed by atoms with E-state index in [0.29, 0.717) is 30.0 Å². The Morgan fingerprint density at radius 1 is 0.742 bits per heavy atom. The first-order valence-corrected chi connectivity index (χ1v) is 17.5. The predicted octanol–water partition coefficient (Wildman–Crippen LogP) is 6.06. The van der Waals surface area contributed by atoms with Crippen LogP contribution < -0.4 is 11.0 Å². The third-order valence-electron chi connectivity index (χ3n) is 4.69. The number of hydrogen-bond acceptors (Lipinski definition) is 4. The molecular formula is C22H28Cl2N2O4Sn. The SMILES string of the molecule is CCC[CH2][Sn]([CH2]CCC)([O]NC(=O)c1ccc(Cl)cc1)[O]NC(=O)c1ccc(Cl)cc1. The van der Waals surface area contributed by atoms with Gasteiger partial charge in [-0.15, -0.1) is 0 Å². The Balaban J connectivity index is 2.11. The van der Waals surface area contributed by atoms with E-state index in [9.17, 15) is 9.59 Å². The van der Waals surface area contributed by atoms with E-state index < -0.39 is 19.2 Å². The van der Waals surface area contributed by atoms with E-state index in [1.807, 2.05) is 0 Å². The molecule has 168 valence electrons. The van der Waals surface area contributed by atoms with Crippen LogP contribution in [-0.2, 0) is 6.35 Å². The second-order valence-corrected chi connectivity index (χ2v) is 17.3. The number of amides is 2. The van der Waals surface area contributed by atoms with Gasteiger partial charge in [0.05, 0.1) is 0 Å². The zero-order valence-electron chi connectivity index (χ0n) is 17.8. The number of nitrogens with one attached hydrogen (secondary N) is 2. The minimum absolute atomic E-state index is 0.377. The van der Waals surface area contributed by atoms with Gasteiger partial charge >= 0.3 is 199 Å². The molecule has 0 unspecified atom stereocenters. The summed E-state index contributed by atoms with van der Waals surface area (Å²) in [5.41, 5.74) is 5.99. The summed E-state index contributed by atoms with van der Waals surface area (Å²) in [6.45, 7) is 4.16. The van der Waals surface area contributed by atoms with Crippen molar-refractivity contribution in [3.05, 3.63) is 69.7 Å². The van der Waals surface area contributed by atoms with Crippen LogP contribution in [0.1, 0.15) is 60.2 Å². The molecule has 0 aliphatic carbocycles. The molecular weight excluding hydrogens is 546 g/mol. The Hall–Kier alpha value is -1.32. The first-order valence-electron chi connectivity index (χ1n) is 10.4. The van der Waals surface area contributed by atoms with Crippen molar-refractivity contribution in [3.8, 4) is 0 Å². The van der Waals surface area contributed by atoms with Gasteiger partial charge in [0.25, 0.3) is 0 Å². The molecule has 2 N–H and O–H groups in total. The van der Waals surface area contributed by atoms with Gasteiger partial charge in [0.1, 0.15) is 0 Å². The van der Waals surface area contributed by atoms with Gasteiger partial charge in [0, 0.05) is 0 Å². The van der Waals surface area contributed by atoms with Crippen LogP contribution in [0.5, 0.6) is 0 Å². The van der Waals surface area contributed by atoms with Crippen LogP contribution >= 0.6 is 23.2 Å². The number of carbonyl (C=O) groups excluding carboxylic acids is 2. The van der Waals surface area contributed by atoms with E-state index in [1.54, 1.807) is 48.5 Å². The molecule has 0 spiro atoms. The van der Waals surface area contributed by atoms with Crippen molar-refractivity contribution in [3.63, 3.8) is 0 Å². The van der Waals surface area contributed by atoms with Crippen LogP contribution in [0.15, 0.2) is 48.5 Å². The van der Waals surface area contributed by atoms with Crippen molar-refractivity contribution in [2.75, 3.05) is 0 Å².